The number of nitrogens with zero attached hydrogens (tertiary/aromatic N) is 2. The third-order valence-electron chi connectivity index (χ3n) is 4.32. The average molecular weight is 555 g/mol. The Labute approximate surface area is 186 Å². The fourth-order valence-corrected chi connectivity index (χ4v) is 3.27. The van der Waals surface area contributed by atoms with Gasteiger partial charge < -0.3 is 15.5 Å². The standard InChI is InChI=1S/C19H28BrFN4O.HI/c1-2-22-19(24-11-9-18(26)25-12-3-4-13-25)23-10-5-6-15-7-8-16(20)14-17(15)21;/h7-8,14H,2-6,9-13H2,1H3,(H2,22,23,24);1H. The van der Waals surface area contributed by atoms with Gasteiger partial charge in [0.25, 0.3) is 0 Å². The second kappa shape index (κ2) is 13.3. The zero-order chi connectivity index (χ0) is 18.8. The number of amides is 1. The lowest BCUT2D eigenvalue weighted by atomic mass is 10.1. The summed E-state index contributed by atoms with van der Waals surface area (Å²) in [5, 5.41) is 6.38. The molecule has 0 unspecified atom stereocenters. The Kier molecular flexibility index (Phi) is 11.9. The van der Waals surface area contributed by atoms with E-state index in [9.17, 15) is 9.18 Å². The van der Waals surface area contributed by atoms with Crippen LogP contribution in [0.3, 0.4) is 0 Å². The van der Waals surface area contributed by atoms with Gasteiger partial charge in [-0.1, -0.05) is 22.0 Å². The average Bonchev–Trinajstić information content (AvgIpc) is 3.14. The van der Waals surface area contributed by atoms with Crippen LogP contribution in [0.4, 0.5) is 4.39 Å². The maximum absolute atomic E-state index is 13.8. The largest absolute Gasteiger partial charge is 0.357 e. The zero-order valence-electron chi connectivity index (χ0n) is 15.8. The highest BCUT2D eigenvalue weighted by atomic mass is 127. The molecule has 27 heavy (non-hydrogen) atoms. The van der Waals surface area contributed by atoms with Gasteiger partial charge in [-0.05, 0) is 50.3 Å². The van der Waals surface area contributed by atoms with Crippen molar-refractivity contribution < 1.29 is 9.18 Å². The summed E-state index contributed by atoms with van der Waals surface area (Å²) in [6.07, 6.45) is 4.12. The number of hydrogen-bond donors (Lipinski definition) is 2. The molecule has 1 aliphatic heterocycles. The molecule has 1 heterocycles. The Bertz CT molecular complexity index is 624. The second-order valence-corrected chi connectivity index (χ2v) is 7.28. The lowest BCUT2D eigenvalue weighted by Gasteiger charge is -2.16. The minimum Gasteiger partial charge on any atom is -0.357 e. The maximum Gasteiger partial charge on any atom is 0.224 e. The molecule has 152 valence electrons. The van der Waals surface area contributed by atoms with E-state index < -0.39 is 0 Å². The van der Waals surface area contributed by atoms with Crippen molar-refractivity contribution in [2.75, 3.05) is 32.7 Å². The molecule has 0 atom stereocenters. The number of nitrogens with one attached hydrogen (secondary N) is 2. The fraction of sp³-hybridized carbons (Fsp3) is 0.579. The molecule has 2 rings (SSSR count). The summed E-state index contributed by atoms with van der Waals surface area (Å²) >= 11 is 3.26. The zero-order valence-corrected chi connectivity index (χ0v) is 19.7. The van der Waals surface area contributed by atoms with Crippen LogP contribution in [0.5, 0.6) is 0 Å². The van der Waals surface area contributed by atoms with Gasteiger partial charge in [0.05, 0.1) is 0 Å². The first-order chi connectivity index (χ1) is 12.6. The number of aliphatic imine (C=N–C) groups is 1. The molecular formula is C19H29BrFIN4O. The summed E-state index contributed by atoms with van der Waals surface area (Å²) in [5.41, 5.74) is 0.706. The highest BCUT2D eigenvalue weighted by Crippen LogP contribution is 2.16. The first kappa shape index (κ1) is 24.1. The molecule has 1 aliphatic rings. The molecule has 0 spiro atoms. The molecule has 1 aromatic carbocycles. The van der Waals surface area contributed by atoms with Crippen molar-refractivity contribution in [3.05, 3.63) is 34.1 Å². The number of halogens is 3. The highest BCUT2D eigenvalue weighted by molar-refractivity contribution is 14.0. The van der Waals surface area contributed by atoms with Crippen LogP contribution in [0.2, 0.25) is 0 Å². The van der Waals surface area contributed by atoms with Crippen LogP contribution in [-0.4, -0.2) is 49.5 Å². The lowest BCUT2D eigenvalue weighted by Crippen LogP contribution is -2.39. The number of aryl methyl sites for hydroxylation is 1. The third-order valence-corrected chi connectivity index (χ3v) is 4.82. The van der Waals surface area contributed by atoms with Gasteiger partial charge in [-0.3, -0.25) is 9.79 Å². The van der Waals surface area contributed by atoms with Gasteiger partial charge in [0, 0.05) is 43.6 Å². The van der Waals surface area contributed by atoms with Crippen molar-refractivity contribution in [1.82, 2.24) is 15.5 Å². The van der Waals surface area contributed by atoms with Gasteiger partial charge in [-0.25, -0.2) is 4.39 Å². The molecule has 1 fully saturated rings. The van der Waals surface area contributed by atoms with E-state index in [0.29, 0.717) is 37.5 Å². The van der Waals surface area contributed by atoms with E-state index in [4.69, 9.17) is 0 Å². The molecule has 1 saturated heterocycles. The summed E-state index contributed by atoms with van der Waals surface area (Å²) in [7, 11) is 0. The molecule has 8 heteroatoms. The van der Waals surface area contributed by atoms with Crippen molar-refractivity contribution in [2.45, 2.75) is 39.0 Å². The van der Waals surface area contributed by atoms with E-state index in [1.165, 1.54) is 6.07 Å². The molecule has 0 aromatic heterocycles. The van der Waals surface area contributed by atoms with Crippen LogP contribution >= 0.6 is 39.9 Å². The normalized spacial score (nSPS) is 14.0. The molecule has 5 nitrogen and oxygen atoms in total. The Morgan fingerprint density at radius 1 is 1.30 bits per heavy atom. The monoisotopic (exact) mass is 554 g/mol. The predicted molar refractivity (Wildman–Crippen MR) is 122 cm³/mol. The van der Waals surface area contributed by atoms with E-state index in [0.717, 1.165) is 43.4 Å². The van der Waals surface area contributed by atoms with Crippen LogP contribution in [0.25, 0.3) is 0 Å². The predicted octanol–water partition coefficient (Wildman–Crippen LogP) is 3.71. The Morgan fingerprint density at radius 2 is 2.04 bits per heavy atom. The molecular weight excluding hydrogens is 526 g/mol. The van der Waals surface area contributed by atoms with E-state index in [1.54, 1.807) is 6.07 Å². The number of carbonyl (C=O) groups excluding carboxylic acids is 1. The Morgan fingerprint density at radius 3 is 2.70 bits per heavy atom. The van der Waals surface area contributed by atoms with Crippen LogP contribution in [0, 0.1) is 5.82 Å². The summed E-state index contributed by atoms with van der Waals surface area (Å²) in [6.45, 7) is 5.71. The van der Waals surface area contributed by atoms with E-state index >= 15 is 0 Å². The van der Waals surface area contributed by atoms with Crippen molar-refractivity contribution in [1.29, 1.82) is 0 Å². The summed E-state index contributed by atoms with van der Waals surface area (Å²) in [6, 6.07) is 5.14. The second-order valence-electron chi connectivity index (χ2n) is 6.36. The van der Waals surface area contributed by atoms with Crippen molar-refractivity contribution in [2.24, 2.45) is 4.99 Å². The third kappa shape index (κ3) is 8.76. The first-order valence-electron chi connectivity index (χ1n) is 9.34. The van der Waals surface area contributed by atoms with Crippen LogP contribution in [0.1, 0.15) is 38.2 Å². The van der Waals surface area contributed by atoms with E-state index in [2.05, 4.69) is 31.6 Å². The van der Waals surface area contributed by atoms with Crippen LogP contribution in [-0.2, 0) is 11.2 Å². The van der Waals surface area contributed by atoms with Gasteiger partial charge in [0.1, 0.15) is 5.82 Å². The molecule has 1 aromatic rings. The van der Waals surface area contributed by atoms with Gasteiger partial charge in [-0.15, -0.1) is 24.0 Å². The quantitative estimate of drug-likeness (QED) is 0.223. The lowest BCUT2D eigenvalue weighted by molar-refractivity contribution is -0.129. The summed E-state index contributed by atoms with van der Waals surface area (Å²) < 4.78 is 14.5. The Hall–Kier alpha value is -0.900. The number of likely N-dealkylation sites (tertiary alicyclic amines) is 1. The molecule has 0 aliphatic carbocycles. The van der Waals surface area contributed by atoms with Crippen LogP contribution < -0.4 is 10.6 Å². The van der Waals surface area contributed by atoms with Crippen molar-refractivity contribution in [3.63, 3.8) is 0 Å². The summed E-state index contributed by atoms with van der Waals surface area (Å²) in [5.74, 6) is 0.725. The number of rotatable bonds is 8. The molecule has 1 amide bonds. The number of benzene rings is 1. The smallest absolute Gasteiger partial charge is 0.224 e. The minimum absolute atomic E-state index is 0. The SMILES string of the molecule is CCNC(=NCCCc1ccc(Br)cc1F)NCCC(=O)N1CCCC1.I. The maximum atomic E-state index is 13.8. The van der Waals surface area contributed by atoms with Crippen molar-refractivity contribution in [3.8, 4) is 0 Å². The minimum atomic E-state index is -0.186. The van der Waals surface area contributed by atoms with Gasteiger partial charge in [-0.2, -0.15) is 0 Å². The summed E-state index contributed by atoms with van der Waals surface area (Å²) in [4.78, 5) is 18.5. The van der Waals surface area contributed by atoms with Gasteiger partial charge >= 0.3 is 0 Å². The number of guanidine groups is 1. The topological polar surface area (TPSA) is 56.7 Å². The molecule has 0 bridgehead atoms. The highest BCUT2D eigenvalue weighted by Gasteiger charge is 2.17. The molecule has 0 saturated carbocycles. The molecule has 0 radical (unpaired) electrons. The van der Waals surface area contributed by atoms with Gasteiger partial charge in [0.15, 0.2) is 5.96 Å². The Balaban J connectivity index is 0.00000364. The number of carbonyl (C=O) groups is 1. The van der Waals surface area contributed by atoms with Crippen LogP contribution in [0.15, 0.2) is 27.7 Å². The van der Waals surface area contributed by atoms with E-state index in [1.807, 2.05) is 17.9 Å². The molecule has 2 N–H and O–H groups in total. The number of hydrogen-bond acceptors (Lipinski definition) is 2. The van der Waals surface area contributed by atoms with Crippen molar-refractivity contribution >= 4 is 51.8 Å². The van der Waals surface area contributed by atoms with Gasteiger partial charge in [0.2, 0.25) is 5.91 Å². The fourth-order valence-electron chi connectivity index (χ4n) is 2.94. The first-order valence-corrected chi connectivity index (χ1v) is 10.1. The van der Waals surface area contributed by atoms with E-state index in [-0.39, 0.29) is 35.7 Å².